The minimum absolute atomic E-state index is 0.357. The summed E-state index contributed by atoms with van der Waals surface area (Å²) in [5.41, 5.74) is 0. The molecule has 0 fully saturated rings. The third-order valence-electron chi connectivity index (χ3n) is 0.696. The van der Waals surface area contributed by atoms with Crippen LogP contribution in [0.15, 0.2) is 17.5 Å². The maximum atomic E-state index is 2.25. The van der Waals surface area contributed by atoms with Crippen molar-refractivity contribution in [1.29, 1.82) is 0 Å². The SMILES string of the molecule is [Na][Te]c1cccs1. The van der Waals surface area contributed by atoms with Crippen LogP contribution < -0.4 is 2.93 Å². The van der Waals surface area contributed by atoms with E-state index in [4.69, 9.17) is 0 Å². The Balaban J connectivity index is 2.76. The maximum absolute atomic E-state index is 2.25. The van der Waals surface area contributed by atoms with Crippen LogP contribution in [0.5, 0.6) is 0 Å². The molecule has 3 heteroatoms. The molecule has 1 rings (SSSR count). The molecular weight excluding hydrogens is 231 g/mol. The van der Waals surface area contributed by atoms with Gasteiger partial charge in [-0.05, 0) is 0 Å². The van der Waals surface area contributed by atoms with Crippen molar-refractivity contribution in [3.05, 3.63) is 17.5 Å². The van der Waals surface area contributed by atoms with Crippen molar-refractivity contribution in [3.63, 3.8) is 0 Å². The summed E-state index contributed by atoms with van der Waals surface area (Å²) in [5, 5.41) is 2.16. The van der Waals surface area contributed by atoms with E-state index in [0.717, 1.165) is 0 Å². The van der Waals surface area contributed by atoms with E-state index in [1.54, 1.807) is 2.93 Å². The number of thiophene rings is 1. The topological polar surface area (TPSA) is 0 Å². The van der Waals surface area contributed by atoms with Gasteiger partial charge in [0, 0.05) is 0 Å². The second-order valence-electron chi connectivity index (χ2n) is 1.14. The average Bonchev–Trinajstić information content (AvgIpc) is 2.14. The fourth-order valence-electron chi connectivity index (χ4n) is 0.380. The van der Waals surface area contributed by atoms with E-state index >= 15 is 0 Å². The number of rotatable bonds is 1. The van der Waals surface area contributed by atoms with Gasteiger partial charge >= 0.3 is 70.8 Å². The zero-order valence-corrected chi connectivity index (χ0v) is 9.20. The summed E-state index contributed by atoms with van der Waals surface area (Å²) in [5.74, 6) is 0. The first kappa shape index (κ1) is 6.61. The summed E-state index contributed by atoms with van der Waals surface area (Å²) >= 11 is 3.70. The van der Waals surface area contributed by atoms with Crippen molar-refractivity contribution in [2.45, 2.75) is 0 Å². The molecule has 0 amide bonds. The monoisotopic (exact) mass is 236 g/mol. The van der Waals surface area contributed by atoms with Crippen LogP contribution in [0.4, 0.5) is 0 Å². The Bertz CT molecular complexity index is 126. The van der Waals surface area contributed by atoms with Crippen molar-refractivity contribution >= 4 is 53.3 Å². The van der Waals surface area contributed by atoms with Gasteiger partial charge in [0.05, 0.1) is 0 Å². The second-order valence-corrected chi connectivity index (χ2v) is 8.05. The molecule has 32 valence electrons. The molecule has 0 saturated carbocycles. The standard InChI is InChI=1S/C4H4STe.Na/c6-4-2-1-3-5-4;/h1-3,6H;/q;+1/p-1. The molecule has 0 atom stereocenters. The van der Waals surface area contributed by atoms with Crippen LogP contribution in [0.3, 0.4) is 0 Å². The van der Waals surface area contributed by atoms with Gasteiger partial charge in [-0.1, -0.05) is 0 Å². The van der Waals surface area contributed by atoms with Crippen molar-refractivity contribution in [2.75, 3.05) is 0 Å². The fraction of sp³-hybridized carbons (Fsp3) is 0. The third kappa shape index (κ3) is 2.05. The van der Waals surface area contributed by atoms with E-state index in [1.165, 1.54) is 23.5 Å². The van der Waals surface area contributed by atoms with E-state index in [-0.39, 0.29) is 0 Å². The van der Waals surface area contributed by atoms with Crippen LogP contribution in [-0.4, -0.2) is 39.1 Å². The van der Waals surface area contributed by atoms with Crippen LogP contribution in [0.25, 0.3) is 0 Å². The molecule has 0 aliphatic rings. The summed E-state index contributed by atoms with van der Waals surface area (Å²) in [4.78, 5) is 0. The van der Waals surface area contributed by atoms with Crippen molar-refractivity contribution in [2.24, 2.45) is 0 Å². The zero-order chi connectivity index (χ0) is 5.11. The predicted octanol–water partition coefficient (Wildman–Crippen LogP) is 0.161. The van der Waals surface area contributed by atoms with E-state index in [1.807, 2.05) is 11.3 Å². The van der Waals surface area contributed by atoms with Crippen molar-refractivity contribution in [3.8, 4) is 0 Å². The normalized spacial score (nSPS) is 9.43. The van der Waals surface area contributed by atoms with Crippen LogP contribution >= 0.6 is 11.3 Å². The first-order valence-corrected chi connectivity index (χ1v) is 11.9. The molecule has 0 unspecified atom stereocenters. The molecule has 0 spiro atoms. The van der Waals surface area contributed by atoms with Crippen LogP contribution in [0.1, 0.15) is 0 Å². The summed E-state index contributed by atoms with van der Waals surface area (Å²) in [7, 11) is 0. The first-order chi connectivity index (χ1) is 3.43. The summed E-state index contributed by atoms with van der Waals surface area (Å²) in [6.45, 7) is 0. The molecular formula is C4H3NaSTe. The van der Waals surface area contributed by atoms with Gasteiger partial charge in [-0.25, -0.2) is 0 Å². The van der Waals surface area contributed by atoms with Gasteiger partial charge in [-0.3, -0.25) is 0 Å². The van der Waals surface area contributed by atoms with Crippen molar-refractivity contribution in [1.82, 2.24) is 0 Å². The van der Waals surface area contributed by atoms with E-state index < -0.39 is 0 Å². The van der Waals surface area contributed by atoms with Crippen LogP contribution in [0.2, 0.25) is 0 Å². The second kappa shape index (κ2) is 3.50. The summed E-state index contributed by atoms with van der Waals surface area (Å²) < 4.78 is 1.66. The first-order valence-electron chi connectivity index (χ1n) is 2.01. The van der Waals surface area contributed by atoms with Gasteiger partial charge in [0.2, 0.25) is 0 Å². The Morgan fingerprint density at radius 3 is 2.86 bits per heavy atom. The van der Waals surface area contributed by atoms with Gasteiger partial charge in [0.1, 0.15) is 0 Å². The molecule has 0 nitrogen and oxygen atoms in total. The molecule has 0 saturated heterocycles. The van der Waals surface area contributed by atoms with Crippen LogP contribution in [0, 0.1) is 0 Å². The zero-order valence-electron chi connectivity index (χ0n) is 4.05. The number of hydrogen-bond acceptors (Lipinski definition) is 1. The Labute approximate surface area is 69.7 Å². The Kier molecular flexibility index (Phi) is 3.31. The molecule has 0 radical (unpaired) electrons. The van der Waals surface area contributed by atoms with E-state index in [0.29, 0.717) is 15.5 Å². The molecule has 0 aliphatic carbocycles. The Morgan fingerprint density at radius 2 is 2.57 bits per heavy atom. The fourth-order valence-corrected chi connectivity index (χ4v) is 5.69. The molecule has 1 heterocycles. The minimum atomic E-state index is 0.357. The van der Waals surface area contributed by atoms with Gasteiger partial charge in [-0.15, -0.1) is 0 Å². The number of hydrogen-bond donors (Lipinski definition) is 0. The molecule has 1 aromatic rings. The summed E-state index contributed by atoms with van der Waals surface area (Å²) in [6.07, 6.45) is 0. The van der Waals surface area contributed by atoms with E-state index in [2.05, 4.69) is 17.5 Å². The van der Waals surface area contributed by atoms with Gasteiger partial charge in [0.25, 0.3) is 0 Å². The molecule has 1 aromatic heterocycles. The molecule has 7 heavy (non-hydrogen) atoms. The van der Waals surface area contributed by atoms with Gasteiger partial charge in [-0.2, -0.15) is 0 Å². The summed E-state index contributed by atoms with van der Waals surface area (Å²) in [6, 6.07) is 4.39. The molecule has 0 aromatic carbocycles. The molecule has 0 aliphatic heterocycles. The predicted molar refractivity (Wildman–Crippen MR) is 35.5 cm³/mol. The van der Waals surface area contributed by atoms with Gasteiger partial charge < -0.3 is 0 Å². The molecule has 0 bridgehead atoms. The van der Waals surface area contributed by atoms with E-state index in [9.17, 15) is 0 Å². The van der Waals surface area contributed by atoms with Gasteiger partial charge in [0.15, 0.2) is 0 Å². The van der Waals surface area contributed by atoms with Crippen molar-refractivity contribution < 1.29 is 0 Å². The van der Waals surface area contributed by atoms with Crippen LogP contribution in [-0.2, 0) is 0 Å². The average molecular weight is 234 g/mol. The Morgan fingerprint density at radius 1 is 1.71 bits per heavy atom. The molecule has 0 N–H and O–H groups in total. The quantitative estimate of drug-likeness (QED) is 0.607. The third-order valence-corrected chi connectivity index (χ3v) is 9.77. The Hall–Kier alpha value is 1.49.